The van der Waals surface area contributed by atoms with E-state index < -0.39 is 11.0 Å². The predicted molar refractivity (Wildman–Crippen MR) is 99.4 cm³/mol. The number of anilines is 1. The van der Waals surface area contributed by atoms with Gasteiger partial charge in [-0.2, -0.15) is 0 Å². The molecule has 2 aromatic carbocycles. The molecular weight excluding hydrogens is 354 g/mol. The van der Waals surface area contributed by atoms with Gasteiger partial charge in [0.1, 0.15) is 5.75 Å². The number of rotatable bonds is 6. The van der Waals surface area contributed by atoms with Gasteiger partial charge in [-0.25, -0.2) is 4.98 Å². The molecule has 1 amide bonds. The van der Waals surface area contributed by atoms with Crippen LogP contribution in [0.4, 0.5) is 10.8 Å². The lowest BCUT2D eigenvalue weighted by atomic mass is 10.2. The third-order valence-corrected chi connectivity index (χ3v) is 4.29. The highest BCUT2D eigenvalue weighted by Gasteiger charge is 2.17. The molecule has 0 bridgehead atoms. The lowest BCUT2D eigenvalue weighted by Crippen LogP contribution is -2.30. The molecular formula is C18H15N3O4S. The summed E-state index contributed by atoms with van der Waals surface area (Å²) in [5.41, 5.74) is 1.72. The summed E-state index contributed by atoms with van der Waals surface area (Å²) in [7, 11) is 0. The van der Waals surface area contributed by atoms with Crippen molar-refractivity contribution < 1.29 is 14.5 Å². The van der Waals surface area contributed by atoms with Crippen LogP contribution in [0.2, 0.25) is 0 Å². The Balaban J connectivity index is 1.61. The van der Waals surface area contributed by atoms with Crippen LogP contribution in [0.1, 0.15) is 6.92 Å². The Morgan fingerprint density at radius 2 is 1.88 bits per heavy atom. The van der Waals surface area contributed by atoms with E-state index >= 15 is 0 Å². The minimum absolute atomic E-state index is 0.0364. The van der Waals surface area contributed by atoms with Crippen LogP contribution in [0.25, 0.3) is 11.3 Å². The third-order valence-electron chi connectivity index (χ3n) is 3.53. The maximum atomic E-state index is 12.3. The molecule has 0 unspecified atom stereocenters. The van der Waals surface area contributed by atoms with E-state index in [0.29, 0.717) is 10.9 Å². The van der Waals surface area contributed by atoms with Crippen molar-refractivity contribution in [3.63, 3.8) is 0 Å². The topological polar surface area (TPSA) is 94.4 Å². The minimum atomic E-state index is -0.777. The van der Waals surface area contributed by atoms with Gasteiger partial charge in [0.05, 0.1) is 10.6 Å². The summed E-state index contributed by atoms with van der Waals surface area (Å²) in [6.45, 7) is 1.60. The fourth-order valence-corrected chi connectivity index (χ4v) is 2.91. The van der Waals surface area contributed by atoms with Crippen LogP contribution in [0.3, 0.4) is 0 Å². The number of nitrogens with one attached hydrogen (secondary N) is 1. The van der Waals surface area contributed by atoms with E-state index in [4.69, 9.17) is 4.74 Å². The van der Waals surface area contributed by atoms with E-state index in [9.17, 15) is 14.9 Å². The van der Waals surface area contributed by atoms with E-state index in [-0.39, 0.29) is 11.6 Å². The van der Waals surface area contributed by atoms with Crippen molar-refractivity contribution in [2.75, 3.05) is 5.32 Å². The molecule has 1 N–H and O–H groups in total. The Kier molecular flexibility index (Phi) is 5.23. The number of aromatic nitrogens is 1. The molecule has 1 aromatic heterocycles. The van der Waals surface area contributed by atoms with Gasteiger partial charge in [-0.15, -0.1) is 11.3 Å². The molecule has 0 saturated heterocycles. The summed E-state index contributed by atoms with van der Waals surface area (Å²) in [6, 6.07) is 15.2. The first-order chi connectivity index (χ1) is 12.5. The molecule has 0 aliphatic rings. The number of nitrogens with zero attached hydrogens (tertiary/aromatic N) is 2. The van der Waals surface area contributed by atoms with Gasteiger partial charge in [0.15, 0.2) is 11.2 Å². The first kappa shape index (κ1) is 17.6. The van der Waals surface area contributed by atoms with Crippen molar-refractivity contribution in [2.24, 2.45) is 0 Å². The first-order valence-electron chi connectivity index (χ1n) is 7.76. The lowest BCUT2D eigenvalue weighted by molar-refractivity contribution is -0.384. The molecule has 1 atom stereocenters. The Bertz CT molecular complexity index is 910. The van der Waals surface area contributed by atoms with Crippen LogP contribution in [0, 0.1) is 10.1 Å². The quantitative estimate of drug-likeness (QED) is 0.521. The lowest BCUT2D eigenvalue weighted by Gasteiger charge is -2.13. The monoisotopic (exact) mass is 369 g/mol. The van der Waals surface area contributed by atoms with E-state index in [2.05, 4.69) is 10.3 Å². The van der Waals surface area contributed by atoms with Crippen LogP contribution in [0.15, 0.2) is 60.0 Å². The number of carbonyl (C=O) groups is 1. The van der Waals surface area contributed by atoms with Crippen molar-refractivity contribution in [3.8, 4) is 17.0 Å². The van der Waals surface area contributed by atoms with Gasteiger partial charge in [0.2, 0.25) is 0 Å². The van der Waals surface area contributed by atoms with Crippen molar-refractivity contribution in [3.05, 3.63) is 70.1 Å². The Hall–Kier alpha value is -3.26. The number of amides is 1. The molecule has 0 radical (unpaired) electrons. The fourth-order valence-electron chi connectivity index (χ4n) is 2.18. The van der Waals surface area contributed by atoms with Crippen LogP contribution in [-0.4, -0.2) is 21.9 Å². The molecule has 3 rings (SSSR count). The van der Waals surface area contributed by atoms with Gasteiger partial charge in [-0.05, 0) is 19.1 Å². The number of non-ortho nitro benzene ring substituents is 1. The fraction of sp³-hybridized carbons (Fsp3) is 0.111. The number of nitro groups is 1. The molecule has 7 nitrogen and oxygen atoms in total. The summed E-state index contributed by atoms with van der Waals surface area (Å²) >= 11 is 1.33. The van der Waals surface area contributed by atoms with Crippen LogP contribution in [0.5, 0.6) is 5.75 Å². The van der Waals surface area contributed by atoms with Crippen LogP contribution >= 0.6 is 11.3 Å². The molecule has 0 fully saturated rings. The van der Waals surface area contributed by atoms with Gasteiger partial charge < -0.3 is 4.74 Å². The molecule has 3 aromatic rings. The molecule has 0 aliphatic heterocycles. The van der Waals surface area contributed by atoms with Gasteiger partial charge in [-0.1, -0.05) is 30.3 Å². The van der Waals surface area contributed by atoms with Crippen LogP contribution in [-0.2, 0) is 4.79 Å². The third kappa shape index (κ3) is 4.22. The maximum absolute atomic E-state index is 12.3. The molecule has 26 heavy (non-hydrogen) atoms. The van der Waals surface area contributed by atoms with Gasteiger partial charge in [0.25, 0.3) is 11.6 Å². The summed E-state index contributed by atoms with van der Waals surface area (Å²) in [5.74, 6) is 0.0275. The number of thiazole rings is 1. The van der Waals surface area contributed by atoms with Crippen molar-refractivity contribution >= 4 is 28.1 Å². The van der Waals surface area contributed by atoms with E-state index in [0.717, 1.165) is 11.3 Å². The second kappa shape index (κ2) is 7.75. The van der Waals surface area contributed by atoms with Gasteiger partial charge >= 0.3 is 0 Å². The smallest absolute Gasteiger partial charge is 0.269 e. The maximum Gasteiger partial charge on any atom is 0.269 e. The highest BCUT2D eigenvalue weighted by atomic mass is 32.1. The Morgan fingerprint density at radius 1 is 1.19 bits per heavy atom. The zero-order chi connectivity index (χ0) is 18.5. The first-order valence-corrected chi connectivity index (χ1v) is 8.64. The van der Waals surface area contributed by atoms with E-state index in [1.54, 1.807) is 6.92 Å². The summed E-state index contributed by atoms with van der Waals surface area (Å²) in [5, 5.41) is 15.7. The number of benzene rings is 2. The minimum Gasteiger partial charge on any atom is -0.481 e. The summed E-state index contributed by atoms with van der Waals surface area (Å²) in [4.78, 5) is 26.8. The standard InChI is InChI=1S/C18H15N3O4S/c1-12(25-15-9-7-14(8-10-15)21(23)24)17(22)20-18-19-16(11-26-18)13-5-3-2-4-6-13/h2-12H,1H3,(H,19,20,22)/t12-/m0/s1. The van der Waals surface area contributed by atoms with Crippen molar-refractivity contribution in [1.29, 1.82) is 0 Å². The molecule has 1 heterocycles. The molecule has 0 aliphatic carbocycles. The number of carbonyl (C=O) groups excluding carboxylic acids is 1. The zero-order valence-electron chi connectivity index (χ0n) is 13.8. The summed E-state index contributed by atoms with van der Waals surface area (Å²) < 4.78 is 5.52. The normalized spacial score (nSPS) is 11.6. The van der Waals surface area contributed by atoms with E-state index in [1.165, 1.54) is 35.6 Å². The molecule has 8 heteroatoms. The number of ether oxygens (including phenoxy) is 1. The van der Waals surface area contributed by atoms with Crippen molar-refractivity contribution in [2.45, 2.75) is 13.0 Å². The Labute approximate surface area is 153 Å². The SMILES string of the molecule is C[C@H](Oc1ccc([N+](=O)[O-])cc1)C(=O)Nc1nc(-c2ccccc2)cs1. The molecule has 0 saturated carbocycles. The second-order valence-electron chi connectivity index (χ2n) is 5.40. The van der Waals surface area contributed by atoms with Crippen molar-refractivity contribution in [1.82, 2.24) is 4.98 Å². The van der Waals surface area contributed by atoms with Gasteiger partial charge in [0, 0.05) is 23.1 Å². The highest BCUT2D eigenvalue weighted by molar-refractivity contribution is 7.14. The molecule has 132 valence electrons. The van der Waals surface area contributed by atoms with Crippen LogP contribution < -0.4 is 10.1 Å². The van der Waals surface area contributed by atoms with E-state index in [1.807, 2.05) is 35.7 Å². The second-order valence-corrected chi connectivity index (χ2v) is 6.26. The average Bonchev–Trinajstić information content (AvgIpc) is 3.11. The zero-order valence-corrected chi connectivity index (χ0v) is 14.6. The average molecular weight is 369 g/mol. The molecule has 0 spiro atoms. The number of nitro benzene ring substituents is 1. The number of hydrogen-bond acceptors (Lipinski definition) is 6. The number of hydrogen-bond donors (Lipinski definition) is 1. The Morgan fingerprint density at radius 3 is 2.54 bits per heavy atom. The largest absolute Gasteiger partial charge is 0.481 e. The summed E-state index contributed by atoms with van der Waals surface area (Å²) in [6.07, 6.45) is -0.777. The van der Waals surface area contributed by atoms with Gasteiger partial charge in [-0.3, -0.25) is 20.2 Å². The highest BCUT2D eigenvalue weighted by Crippen LogP contribution is 2.25. The predicted octanol–water partition coefficient (Wildman–Crippen LogP) is 4.12.